The van der Waals surface area contributed by atoms with Crippen molar-refractivity contribution in [2.75, 3.05) is 25.5 Å². The Morgan fingerprint density at radius 3 is 2.93 bits per heavy atom. The summed E-state index contributed by atoms with van der Waals surface area (Å²) < 4.78 is 21.2. The number of aromatic nitrogens is 4. The minimum atomic E-state index is -0.929. The standard InChI is InChI=1S/C20H26FN7O/c1-12(29-3)19(14-4-5-14)27-28-13(2)24-11-18(28)16-7-9-23-20(25-16)26-17-10-22-8-6-15(17)21/h7,9,11,14-15,17,22H,1,4-6,8,10H2,2-3H3,(H,23,25,26)/b27-19+/t15-,17-/m0/s1. The van der Waals surface area contributed by atoms with Crippen LogP contribution in [0.4, 0.5) is 10.3 Å². The molecular formula is C20H26FN7O. The summed E-state index contributed by atoms with van der Waals surface area (Å²) >= 11 is 0. The Morgan fingerprint density at radius 1 is 1.38 bits per heavy atom. The molecule has 4 rings (SSSR count). The second-order valence-electron chi connectivity index (χ2n) is 7.41. The van der Waals surface area contributed by atoms with Crippen molar-refractivity contribution in [3.05, 3.63) is 36.6 Å². The number of rotatable bonds is 7. The van der Waals surface area contributed by atoms with Crippen LogP contribution in [0.1, 0.15) is 25.1 Å². The van der Waals surface area contributed by atoms with Crippen LogP contribution in [0, 0.1) is 12.8 Å². The lowest BCUT2D eigenvalue weighted by Crippen LogP contribution is -2.46. The molecule has 154 valence electrons. The number of anilines is 1. The molecular weight excluding hydrogens is 373 g/mol. The van der Waals surface area contributed by atoms with Crippen LogP contribution in [0.15, 0.2) is 35.9 Å². The fourth-order valence-corrected chi connectivity index (χ4v) is 3.38. The molecule has 0 bridgehead atoms. The van der Waals surface area contributed by atoms with Gasteiger partial charge in [0.05, 0.1) is 25.0 Å². The molecule has 2 atom stereocenters. The second kappa shape index (κ2) is 8.28. The van der Waals surface area contributed by atoms with E-state index < -0.39 is 6.17 Å². The fourth-order valence-electron chi connectivity index (χ4n) is 3.38. The highest BCUT2D eigenvalue weighted by atomic mass is 19.1. The van der Waals surface area contributed by atoms with Gasteiger partial charge in [-0.25, -0.2) is 24.0 Å². The first-order valence-electron chi connectivity index (χ1n) is 9.88. The molecule has 1 saturated carbocycles. The predicted octanol–water partition coefficient (Wildman–Crippen LogP) is 2.53. The maximum atomic E-state index is 14.1. The summed E-state index contributed by atoms with van der Waals surface area (Å²) in [5.41, 5.74) is 2.22. The van der Waals surface area contributed by atoms with E-state index in [-0.39, 0.29) is 6.04 Å². The van der Waals surface area contributed by atoms with Crippen molar-refractivity contribution in [2.45, 2.75) is 38.4 Å². The number of allylic oxidation sites excluding steroid dienone is 1. The van der Waals surface area contributed by atoms with Crippen LogP contribution >= 0.6 is 0 Å². The normalized spacial score (nSPS) is 22.4. The van der Waals surface area contributed by atoms with Gasteiger partial charge in [0, 0.05) is 18.7 Å². The summed E-state index contributed by atoms with van der Waals surface area (Å²) in [5, 5.41) is 11.1. The topological polar surface area (TPSA) is 89.2 Å². The Bertz CT molecular complexity index is 921. The molecule has 2 aromatic heterocycles. The van der Waals surface area contributed by atoms with Crippen LogP contribution in [0.3, 0.4) is 0 Å². The van der Waals surface area contributed by atoms with E-state index in [1.165, 1.54) is 0 Å². The summed E-state index contributed by atoms with van der Waals surface area (Å²) in [4.78, 5) is 13.2. The van der Waals surface area contributed by atoms with Gasteiger partial charge in [-0.05, 0) is 38.8 Å². The first-order chi connectivity index (χ1) is 14.1. The van der Waals surface area contributed by atoms with Crippen molar-refractivity contribution in [2.24, 2.45) is 11.0 Å². The smallest absolute Gasteiger partial charge is 0.223 e. The van der Waals surface area contributed by atoms with Crippen LogP contribution in [0.2, 0.25) is 0 Å². The van der Waals surface area contributed by atoms with Gasteiger partial charge in [-0.1, -0.05) is 6.58 Å². The van der Waals surface area contributed by atoms with Gasteiger partial charge in [-0.3, -0.25) is 0 Å². The molecule has 2 N–H and O–H groups in total. The third-order valence-corrected chi connectivity index (χ3v) is 5.24. The number of halogens is 1. The molecule has 1 aliphatic carbocycles. The van der Waals surface area contributed by atoms with E-state index in [1.807, 2.05) is 6.92 Å². The summed E-state index contributed by atoms with van der Waals surface area (Å²) in [6.45, 7) is 7.08. The number of alkyl halides is 1. The van der Waals surface area contributed by atoms with Crippen LogP contribution < -0.4 is 10.6 Å². The maximum absolute atomic E-state index is 14.1. The molecule has 9 heteroatoms. The number of piperidine rings is 1. The van der Waals surface area contributed by atoms with Gasteiger partial charge in [0.2, 0.25) is 5.95 Å². The average Bonchev–Trinajstić information content (AvgIpc) is 3.50. The Morgan fingerprint density at radius 2 is 2.21 bits per heavy atom. The Labute approximate surface area is 169 Å². The Hall–Kier alpha value is -2.81. The molecule has 2 aliphatic rings. The first kappa shape index (κ1) is 19.5. The Kier molecular flexibility index (Phi) is 5.57. The molecule has 0 amide bonds. The van der Waals surface area contributed by atoms with E-state index in [0.29, 0.717) is 42.8 Å². The number of aryl methyl sites for hydroxylation is 1. The largest absolute Gasteiger partial charge is 0.495 e. The van der Waals surface area contributed by atoms with Gasteiger partial charge in [-0.2, -0.15) is 5.10 Å². The first-order valence-corrected chi connectivity index (χ1v) is 9.88. The maximum Gasteiger partial charge on any atom is 0.223 e. The highest BCUT2D eigenvalue weighted by molar-refractivity contribution is 6.01. The van der Waals surface area contributed by atoms with E-state index in [2.05, 4.69) is 32.2 Å². The van der Waals surface area contributed by atoms with E-state index in [4.69, 9.17) is 9.84 Å². The summed E-state index contributed by atoms with van der Waals surface area (Å²) in [6.07, 6.45) is 5.08. The minimum absolute atomic E-state index is 0.352. The molecule has 8 nitrogen and oxygen atoms in total. The van der Waals surface area contributed by atoms with Crippen molar-refractivity contribution in [3.63, 3.8) is 0 Å². The highest BCUT2D eigenvalue weighted by Gasteiger charge is 2.31. The number of hydrogen-bond acceptors (Lipinski definition) is 7. The molecule has 1 aliphatic heterocycles. The molecule has 2 aromatic rings. The van der Waals surface area contributed by atoms with Gasteiger partial charge in [0.15, 0.2) is 0 Å². The monoisotopic (exact) mass is 399 g/mol. The van der Waals surface area contributed by atoms with E-state index in [0.717, 1.165) is 30.1 Å². The SMILES string of the molecule is C=C(OC)/C(=N\n1c(-c2ccnc(N[C@H]3CNCC[C@@H]3F)n2)cnc1C)C1CC1. The van der Waals surface area contributed by atoms with E-state index in [1.54, 1.807) is 30.2 Å². The van der Waals surface area contributed by atoms with Gasteiger partial charge in [0.1, 0.15) is 29.2 Å². The van der Waals surface area contributed by atoms with Gasteiger partial charge >= 0.3 is 0 Å². The number of methoxy groups -OCH3 is 1. The molecule has 0 radical (unpaired) electrons. The van der Waals surface area contributed by atoms with Crippen molar-refractivity contribution < 1.29 is 9.13 Å². The van der Waals surface area contributed by atoms with Crippen molar-refractivity contribution in [3.8, 4) is 11.4 Å². The molecule has 29 heavy (non-hydrogen) atoms. The second-order valence-corrected chi connectivity index (χ2v) is 7.41. The number of imidazole rings is 1. The zero-order valence-corrected chi connectivity index (χ0v) is 16.7. The lowest BCUT2D eigenvalue weighted by Gasteiger charge is -2.27. The fraction of sp³-hybridized carbons (Fsp3) is 0.500. The molecule has 0 spiro atoms. The average molecular weight is 399 g/mol. The lowest BCUT2D eigenvalue weighted by atomic mass is 10.1. The van der Waals surface area contributed by atoms with Crippen LogP contribution in [-0.2, 0) is 4.74 Å². The molecule has 1 saturated heterocycles. The zero-order valence-electron chi connectivity index (χ0n) is 16.7. The number of hydrogen-bond donors (Lipinski definition) is 2. The summed E-state index contributed by atoms with van der Waals surface area (Å²) in [7, 11) is 1.60. The van der Waals surface area contributed by atoms with E-state index >= 15 is 0 Å². The lowest BCUT2D eigenvalue weighted by molar-refractivity contribution is 0.240. The van der Waals surface area contributed by atoms with E-state index in [9.17, 15) is 4.39 Å². The molecule has 0 aromatic carbocycles. The summed E-state index contributed by atoms with van der Waals surface area (Å²) in [5.74, 6) is 2.04. The molecule has 3 heterocycles. The van der Waals surface area contributed by atoms with Gasteiger partial charge in [0.25, 0.3) is 0 Å². The van der Waals surface area contributed by atoms with Crippen molar-refractivity contribution in [1.29, 1.82) is 0 Å². The minimum Gasteiger partial charge on any atom is -0.495 e. The quantitative estimate of drug-likeness (QED) is 0.549. The zero-order chi connectivity index (χ0) is 20.4. The highest BCUT2D eigenvalue weighted by Crippen LogP contribution is 2.34. The predicted molar refractivity (Wildman–Crippen MR) is 109 cm³/mol. The third kappa shape index (κ3) is 4.29. The summed E-state index contributed by atoms with van der Waals surface area (Å²) in [6, 6.07) is 1.44. The Balaban J connectivity index is 1.63. The van der Waals surface area contributed by atoms with Crippen molar-refractivity contribution >= 4 is 11.7 Å². The third-order valence-electron chi connectivity index (χ3n) is 5.24. The van der Waals surface area contributed by atoms with Crippen molar-refractivity contribution in [1.82, 2.24) is 24.9 Å². The van der Waals surface area contributed by atoms with Crippen LogP contribution in [-0.4, -0.2) is 57.8 Å². The van der Waals surface area contributed by atoms with Gasteiger partial charge in [-0.15, -0.1) is 0 Å². The number of ether oxygens (including phenoxy) is 1. The number of nitrogens with one attached hydrogen (secondary N) is 2. The van der Waals surface area contributed by atoms with Crippen LogP contribution in [0.5, 0.6) is 0 Å². The van der Waals surface area contributed by atoms with Gasteiger partial charge < -0.3 is 15.4 Å². The van der Waals surface area contributed by atoms with Crippen LogP contribution in [0.25, 0.3) is 11.4 Å². The number of nitrogens with zero attached hydrogens (tertiary/aromatic N) is 5. The molecule has 0 unspecified atom stereocenters. The molecule has 2 fully saturated rings.